The van der Waals surface area contributed by atoms with Crippen LogP contribution >= 0.6 is 0 Å². The van der Waals surface area contributed by atoms with E-state index in [0.29, 0.717) is 17.9 Å². The molecule has 8 heteroatoms. The summed E-state index contributed by atoms with van der Waals surface area (Å²) >= 11 is 0. The number of Topliss-reactive ketones (excluding diaryl/α,β-unsaturated/α-hetero) is 1. The molecule has 8 nitrogen and oxygen atoms in total. The van der Waals surface area contributed by atoms with E-state index < -0.39 is 17.7 Å². The van der Waals surface area contributed by atoms with Crippen LogP contribution in [0.15, 0.2) is 97.1 Å². The number of rotatable bonds is 15. The number of nitrogens with zero attached hydrogens (tertiary/aromatic N) is 1. The molecule has 0 fully saturated rings. The van der Waals surface area contributed by atoms with Crippen LogP contribution in [0.5, 0.6) is 17.2 Å². The van der Waals surface area contributed by atoms with Crippen LogP contribution in [0.3, 0.4) is 0 Å². The molecular formula is C39H42N2O6. The number of amides is 2. The van der Waals surface area contributed by atoms with Crippen molar-refractivity contribution in [2.45, 2.75) is 57.0 Å². The lowest BCUT2D eigenvalue weighted by molar-refractivity contribution is -0.125. The topological polar surface area (TPSA) is 94.2 Å². The van der Waals surface area contributed by atoms with Gasteiger partial charge in [-0.3, -0.25) is 19.3 Å². The molecule has 1 atom stereocenters. The minimum Gasteiger partial charge on any atom is -0.493 e. The fourth-order valence-corrected chi connectivity index (χ4v) is 6.27. The Labute approximate surface area is 276 Å². The molecule has 0 spiro atoms. The summed E-state index contributed by atoms with van der Waals surface area (Å²) < 4.78 is 16.2. The number of ether oxygens (including phenoxy) is 3. The summed E-state index contributed by atoms with van der Waals surface area (Å²) in [6.07, 6.45) is 5.56. The Hall–Kier alpha value is -5.11. The lowest BCUT2D eigenvalue weighted by Gasteiger charge is -2.27. The summed E-state index contributed by atoms with van der Waals surface area (Å²) in [4.78, 5) is 43.2. The second-order valence-electron chi connectivity index (χ2n) is 11.7. The van der Waals surface area contributed by atoms with Gasteiger partial charge >= 0.3 is 0 Å². The molecule has 0 unspecified atom stereocenters. The molecule has 0 saturated heterocycles. The predicted molar refractivity (Wildman–Crippen MR) is 183 cm³/mol. The van der Waals surface area contributed by atoms with E-state index in [0.717, 1.165) is 44.1 Å². The lowest BCUT2D eigenvalue weighted by Crippen LogP contribution is -2.52. The number of nitrogens with one attached hydrogen (secondary N) is 1. The summed E-state index contributed by atoms with van der Waals surface area (Å²) in [6.45, 7) is 0. The number of benzene rings is 4. The number of para-hydroxylation sites is 1. The highest BCUT2D eigenvalue weighted by atomic mass is 16.5. The predicted octanol–water partition coefficient (Wildman–Crippen LogP) is 6.38. The Balaban J connectivity index is 1.35. The average Bonchev–Trinajstić information content (AvgIpc) is 3.51. The van der Waals surface area contributed by atoms with E-state index in [9.17, 15) is 14.4 Å². The van der Waals surface area contributed by atoms with Gasteiger partial charge in [0.15, 0.2) is 11.5 Å². The van der Waals surface area contributed by atoms with Crippen LogP contribution in [-0.4, -0.2) is 51.0 Å². The monoisotopic (exact) mass is 634 g/mol. The van der Waals surface area contributed by atoms with Gasteiger partial charge in [0.1, 0.15) is 6.04 Å². The molecule has 0 bridgehead atoms. The molecule has 4 aromatic rings. The van der Waals surface area contributed by atoms with E-state index in [1.165, 1.54) is 49.5 Å². The number of fused-ring (bicyclic) bond motifs is 1. The number of methoxy groups -OCH3 is 3. The molecule has 244 valence electrons. The molecule has 0 aliphatic carbocycles. The second-order valence-corrected chi connectivity index (χ2v) is 11.7. The van der Waals surface area contributed by atoms with E-state index in [4.69, 9.17) is 14.2 Å². The first-order valence-electron chi connectivity index (χ1n) is 16.1. The summed E-state index contributed by atoms with van der Waals surface area (Å²) in [5.74, 6) is -1.01. The Morgan fingerprint density at radius 2 is 1.28 bits per heavy atom. The molecule has 1 aliphatic rings. The second kappa shape index (κ2) is 15.9. The summed E-state index contributed by atoms with van der Waals surface area (Å²) in [5, 5.41) is 3.28. The van der Waals surface area contributed by atoms with Crippen molar-refractivity contribution in [1.29, 1.82) is 0 Å². The van der Waals surface area contributed by atoms with Gasteiger partial charge in [-0.2, -0.15) is 0 Å². The maximum atomic E-state index is 14.1. The molecule has 47 heavy (non-hydrogen) atoms. The summed E-state index contributed by atoms with van der Waals surface area (Å²) in [5.41, 5.74) is 3.99. The largest absolute Gasteiger partial charge is 0.493 e. The molecule has 4 aromatic carbocycles. The van der Waals surface area contributed by atoms with Crippen molar-refractivity contribution < 1.29 is 28.6 Å². The Morgan fingerprint density at radius 3 is 1.81 bits per heavy atom. The minimum atomic E-state index is -0.864. The van der Waals surface area contributed by atoms with Crippen molar-refractivity contribution in [3.8, 4) is 17.2 Å². The van der Waals surface area contributed by atoms with Gasteiger partial charge in [0.05, 0.1) is 21.3 Å². The zero-order valence-electron chi connectivity index (χ0n) is 27.2. The zero-order valence-corrected chi connectivity index (χ0v) is 27.2. The highest BCUT2D eigenvalue weighted by Gasteiger charge is 2.41. The van der Waals surface area contributed by atoms with E-state index in [1.807, 2.05) is 48.5 Å². The number of ketones is 1. The third-order valence-electron chi connectivity index (χ3n) is 8.69. The van der Waals surface area contributed by atoms with Crippen LogP contribution in [0.2, 0.25) is 0 Å². The Kier molecular flexibility index (Phi) is 11.3. The molecule has 2 amide bonds. The number of hydrogen-bond donors (Lipinski definition) is 1. The van der Waals surface area contributed by atoms with Gasteiger partial charge in [-0.1, -0.05) is 78.9 Å². The maximum Gasteiger partial charge on any atom is 0.300 e. The van der Waals surface area contributed by atoms with E-state index in [-0.39, 0.29) is 29.0 Å². The Morgan fingerprint density at radius 1 is 0.745 bits per heavy atom. The van der Waals surface area contributed by atoms with Crippen LogP contribution in [-0.2, 0) is 28.9 Å². The SMILES string of the molecule is COc1cc(C(=O)C(=O)N2c3ccccc3C[C@H]2C(=O)NC(CCCc2ccccc2)CCCc2ccccc2)cc(OC)c1OC. The van der Waals surface area contributed by atoms with Gasteiger partial charge in [0.2, 0.25) is 11.7 Å². The van der Waals surface area contributed by atoms with Crippen LogP contribution in [0.4, 0.5) is 5.69 Å². The normalized spacial score (nSPS) is 13.6. The van der Waals surface area contributed by atoms with E-state index in [1.54, 1.807) is 12.1 Å². The highest BCUT2D eigenvalue weighted by molar-refractivity contribution is 6.48. The van der Waals surface area contributed by atoms with Crippen LogP contribution in [0.1, 0.15) is 52.7 Å². The molecule has 0 saturated carbocycles. The first-order chi connectivity index (χ1) is 22.9. The fraction of sp³-hybridized carbons (Fsp3) is 0.308. The molecule has 1 heterocycles. The molecule has 0 radical (unpaired) electrons. The van der Waals surface area contributed by atoms with Gasteiger partial charge in [-0.15, -0.1) is 0 Å². The standard InChI is InChI=1S/C39H42N2O6/c1-45-34-25-30(26-35(46-2)37(34)47-3)36(42)39(44)41-32-23-11-10-20-29(32)24-33(41)38(43)40-31(21-12-18-27-14-6-4-7-15-27)22-13-19-28-16-8-5-9-17-28/h4-11,14-17,20,23,25-26,31,33H,12-13,18-19,21-22,24H2,1-3H3,(H,40,43)/t33-/m0/s1. The van der Waals surface area contributed by atoms with Crippen LogP contribution in [0, 0.1) is 0 Å². The van der Waals surface area contributed by atoms with Gasteiger partial charge in [-0.05, 0) is 73.4 Å². The fourth-order valence-electron chi connectivity index (χ4n) is 6.27. The number of hydrogen-bond acceptors (Lipinski definition) is 6. The molecular weight excluding hydrogens is 592 g/mol. The summed E-state index contributed by atoms with van der Waals surface area (Å²) in [7, 11) is 4.36. The van der Waals surface area contributed by atoms with Crippen molar-refractivity contribution >= 4 is 23.3 Å². The quantitative estimate of drug-likeness (QED) is 0.120. The van der Waals surface area contributed by atoms with Gasteiger partial charge in [-0.25, -0.2) is 0 Å². The minimum absolute atomic E-state index is 0.0766. The number of carbonyl (C=O) groups excluding carboxylic acids is 3. The third kappa shape index (κ3) is 8.01. The van der Waals surface area contributed by atoms with E-state index in [2.05, 4.69) is 29.6 Å². The number of anilines is 1. The van der Waals surface area contributed by atoms with Crippen LogP contribution in [0.25, 0.3) is 0 Å². The highest BCUT2D eigenvalue weighted by Crippen LogP contribution is 2.39. The number of aryl methyl sites for hydroxylation is 2. The molecule has 1 N–H and O–H groups in total. The van der Waals surface area contributed by atoms with Crippen molar-refractivity contribution in [2.24, 2.45) is 0 Å². The molecule has 0 aromatic heterocycles. The zero-order chi connectivity index (χ0) is 33.2. The lowest BCUT2D eigenvalue weighted by atomic mass is 9.98. The molecule has 5 rings (SSSR count). The van der Waals surface area contributed by atoms with Crippen LogP contribution < -0.4 is 24.4 Å². The van der Waals surface area contributed by atoms with Gasteiger partial charge in [0.25, 0.3) is 11.7 Å². The van der Waals surface area contributed by atoms with Crippen molar-refractivity contribution in [2.75, 3.05) is 26.2 Å². The molecule has 1 aliphatic heterocycles. The first-order valence-corrected chi connectivity index (χ1v) is 16.1. The smallest absolute Gasteiger partial charge is 0.300 e. The van der Waals surface area contributed by atoms with E-state index >= 15 is 0 Å². The average molecular weight is 635 g/mol. The van der Waals surface area contributed by atoms with Crippen molar-refractivity contribution in [1.82, 2.24) is 5.32 Å². The Bertz CT molecular complexity index is 1600. The first kappa shape index (κ1) is 33.3. The third-order valence-corrected chi connectivity index (χ3v) is 8.69. The summed E-state index contributed by atoms with van der Waals surface area (Å²) in [6, 6.07) is 30.0. The van der Waals surface area contributed by atoms with Gasteiger partial charge < -0.3 is 19.5 Å². The van der Waals surface area contributed by atoms with Crippen molar-refractivity contribution in [3.05, 3.63) is 119 Å². The maximum absolute atomic E-state index is 14.1. The number of carbonyl (C=O) groups is 3. The van der Waals surface area contributed by atoms with Gasteiger partial charge in [0, 0.05) is 23.7 Å². The van der Waals surface area contributed by atoms with Crippen molar-refractivity contribution in [3.63, 3.8) is 0 Å².